The third-order valence-corrected chi connectivity index (χ3v) is 4.11. The summed E-state index contributed by atoms with van der Waals surface area (Å²) in [6, 6.07) is 4.70. The predicted octanol–water partition coefficient (Wildman–Crippen LogP) is 1.14. The number of rotatable bonds is 2. The van der Waals surface area contributed by atoms with Crippen molar-refractivity contribution < 1.29 is 32.9 Å². The molecule has 0 amide bonds. The van der Waals surface area contributed by atoms with Crippen LogP contribution in [0.25, 0.3) is 0 Å². The standard InChI is InChI=1S/C14H15F3O4/c15-14(16,17)9-3-1-8(2-4-9)5-13-11(19)7-20-12(13)10(18)6-21-13/h1-4,10-12,18-19H,5-7H2/t10-,11+,12-,13-/m1/s1. The van der Waals surface area contributed by atoms with Crippen molar-refractivity contribution in [3.63, 3.8) is 0 Å². The summed E-state index contributed by atoms with van der Waals surface area (Å²) in [6.07, 6.45) is -6.60. The number of benzene rings is 1. The van der Waals surface area contributed by atoms with Crippen LogP contribution in [0.1, 0.15) is 11.1 Å². The highest BCUT2D eigenvalue weighted by Crippen LogP contribution is 2.40. The number of aliphatic hydroxyl groups is 2. The summed E-state index contributed by atoms with van der Waals surface area (Å²) in [5.41, 5.74) is -1.22. The molecule has 3 rings (SSSR count). The maximum Gasteiger partial charge on any atom is 0.416 e. The van der Waals surface area contributed by atoms with Crippen molar-refractivity contribution in [1.82, 2.24) is 0 Å². The average Bonchev–Trinajstić information content (AvgIpc) is 2.89. The van der Waals surface area contributed by atoms with Crippen LogP contribution in [0.15, 0.2) is 24.3 Å². The van der Waals surface area contributed by atoms with Gasteiger partial charge in [-0.1, -0.05) is 12.1 Å². The number of aliphatic hydroxyl groups excluding tert-OH is 2. The van der Waals surface area contributed by atoms with Gasteiger partial charge < -0.3 is 19.7 Å². The Hall–Kier alpha value is -1.15. The number of ether oxygens (including phenoxy) is 2. The highest BCUT2D eigenvalue weighted by molar-refractivity contribution is 5.27. The Balaban J connectivity index is 1.82. The highest BCUT2D eigenvalue weighted by Gasteiger charge is 2.59. The zero-order valence-electron chi connectivity index (χ0n) is 11.0. The number of fused-ring (bicyclic) bond motifs is 1. The lowest BCUT2D eigenvalue weighted by Gasteiger charge is -2.30. The van der Waals surface area contributed by atoms with Crippen LogP contribution >= 0.6 is 0 Å². The van der Waals surface area contributed by atoms with E-state index in [1.54, 1.807) is 0 Å². The van der Waals surface area contributed by atoms with Crippen molar-refractivity contribution in [2.75, 3.05) is 13.2 Å². The van der Waals surface area contributed by atoms with Crippen LogP contribution in [0.4, 0.5) is 13.2 Å². The van der Waals surface area contributed by atoms with Gasteiger partial charge in [0.1, 0.15) is 23.9 Å². The Labute approximate surface area is 119 Å². The largest absolute Gasteiger partial charge is 0.416 e. The molecule has 2 aliphatic heterocycles. The molecule has 2 fully saturated rings. The van der Waals surface area contributed by atoms with E-state index in [1.165, 1.54) is 12.1 Å². The summed E-state index contributed by atoms with van der Waals surface area (Å²) >= 11 is 0. The minimum Gasteiger partial charge on any atom is -0.388 e. The van der Waals surface area contributed by atoms with Crippen LogP contribution in [0, 0.1) is 0 Å². The first kappa shape index (κ1) is 14.8. The zero-order valence-corrected chi connectivity index (χ0v) is 11.0. The van der Waals surface area contributed by atoms with Crippen molar-refractivity contribution in [1.29, 1.82) is 0 Å². The number of hydrogen-bond donors (Lipinski definition) is 2. The monoisotopic (exact) mass is 304 g/mol. The molecule has 1 aromatic carbocycles. The highest BCUT2D eigenvalue weighted by atomic mass is 19.4. The SMILES string of the molecule is O[C@@H]1CO[C@@]2(Cc3ccc(C(F)(F)F)cc3)[C@@H]1OC[C@@H]2O. The molecule has 0 aromatic heterocycles. The Morgan fingerprint density at radius 1 is 1.14 bits per heavy atom. The van der Waals surface area contributed by atoms with Crippen LogP contribution < -0.4 is 0 Å². The molecule has 0 bridgehead atoms. The van der Waals surface area contributed by atoms with Gasteiger partial charge in [-0.05, 0) is 17.7 Å². The lowest BCUT2D eigenvalue weighted by Crippen LogP contribution is -2.48. The molecule has 2 aliphatic rings. The molecule has 116 valence electrons. The number of halogens is 3. The molecule has 7 heteroatoms. The van der Waals surface area contributed by atoms with Crippen LogP contribution in [-0.2, 0) is 22.1 Å². The van der Waals surface area contributed by atoms with Gasteiger partial charge in [-0.2, -0.15) is 13.2 Å². The third kappa shape index (κ3) is 2.44. The van der Waals surface area contributed by atoms with E-state index in [1.807, 2.05) is 0 Å². The van der Waals surface area contributed by atoms with E-state index in [0.717, 1.165) is 12.1 Å². The van der Waals surface area contributed by atoms with Crippen molar-refractivity contribution in [3.05, 3.63) is 35.4 Å². The molecule has 2 heterocycles. The molecule has 0 aliphatic carbocycles. The normalized spacial score (nSPS) is 36.0. The second-order valence-electron chi connectivity index (χ2n) is 5.47. The first-order chi connectivity index (χ1) is 9.83. The number of alkyl halides is 3. The first-order valence-electron chi connectivity index (χ1n) is 6.61. The second-order valence-corrected chi connectivity index (χ2v) is 5.47. The quantitative estimate of drug-likeness (QED) is 0.860. The van der Waals surface area contributed by atoms with Crippen LogP contribution in [0.2, 0.25) is 0 Å². The summed E-state index contributed by atoms with van der Waals surface area (Å²) in [6.45, 7) is 0.0880. The minimum atomic E-state index is -4.38. The van der Waals surface area contributed by atoms with E-state index in [4.69, 9.17) is 9.47 Å². The van der Waals surface area contributed by atoms with Gasteiger partial charge in [0.2, 0.25) is 0 Å². The topological polar surface area (TPSA) is 58.9 Å². The van der Waals surface area contributed by atoms with E-state index < -0.39 is 35.7 Å². The molecular weight excluding hydrogens is 289 g/mol. The van der Waals surface area contributed by atoms with E-state index in [-0.39, 0.29) is 19.6 Å². The fourth-order valence-corrected chi connectivity index (χ4v) is 3.01. The first-order valence-corrected chi connectivity index (χ1v) is 6.61. The molecule has 4 nitrogen and oxygen atoms in total. The summed E-state index contributed by atoms with van der Waals surface area (Å²) in [5.74, 6) is 0. The fraction of sp³-hybridized carbons (Fsp3) is 0.571. The van der Waals surface area contributed by atoms with E-state index in [0.29, 0.717) is 5.56 Å². The Morgan fingerprint density at radius 3 is 2.43 bits per heavy atom. The lowest BCUT2D eigenvalue weighted by atomic mass is 9.85. The molecule has 0 saturated carbocycles. The van der Waals surface area contributed by atoms with Gasteiger partial charge in [-0.15, -0.1) is 0 Å². The second kappa shape index (κ2) is 4.95. The Bertz CT molecular complexity index is 516. The van der Waals surface area contributed by atoms with E-state index in [2.05, 4.69) is 0 Å². The maximum absolute atomic E-state index is 12.5. The van der Waals surface area contributed by atoms with Gasteiger partial charge in [0.15, 0.2) is 0 Å². The molecular formula is C14H15F3O4. The molecule has 21 heavy (non-hydrogen) atoms. The third-order valence-electron chi connectivity index (χ3n) is 4.11. The van der Waals surface area contributed by atoms with Crippen LogP contribution in [-0.4, -0.2) is 47.3 Å². The molecule has 4 atom stereocenters. The van der Waals surface area contributed by atoms with Crippen LogP contribution in [0.5, 0.6) is 0 Å². The summed E-state index contributed by atoms with van der Waals surface area (Å²) in [4.78, 5) is 0. The summed E-state index contributed by atoms with van der Waals surface area (Å²) in [5, 5.41) is 19.9. The lowest BCUT2D eigenvalue weighted by molar-refractivity contribution is -0.137. The minimum absolute atomic E-state index is 0.0440. The molecule has 0 radical (unpaired) electrons. The molecule has 0 unspecified atom stereocenters. The molecule has 1 aromatic rings. The Kier molecular flexibility index (Phi) is 3.48. The van der Waals surface area contributed by atoms with Gasteiger partial charge >= 0.3 is 6.18 Å². The van der Waals surface area contributed by atoms with Gasteiger partial charge in [-0.3, -0.25) is 0 Å². The van der Waals surface area contributed by atoms with Crippen molar-refractivity contribution in [3.8, 4) is 0 Å². The van der Waals surface area contributed by atoms with E-state index in [9.17, 15) is 23.4 Å². The summed E-state index contributed by atoms with van der Waals surface area (Å²) < 4.78 is 48.5. The Morgan fingerprint density at radius 2 is 1.81 bits per heavy atom. The maximum atomic E-state index is 12.5. The van der Waals surface area contributed by atoms with E-state index >= 15 is 0 Å². The molecule has 0 spiro atoms. The van der Waals surface area contributed by atoms with Crippen molar-refractivity contribution >= 4 is 0 Å². The predicted molar refractivity (Wildman–Crippen MR) is 65.6 cm³/mol. The van der Waals surface area contributed by atoms with Crippen molar-refractivity contribution in [2.24, 2.45) is 0 Å². The fourth-order valence-electron chi connectivity index (χ4n) is 3.01. The zero-order chi connectivity index (χ0) is 15.3. The molecule has 2 saturated heterocycles. The number of hydrogen-bond acceptors (Lipinski definition) is 4. The average molecular weight is 304 g/mol. The van der Waals surface area contributed by atoms with Gasteiger partial charge in [0.25, 0.3) is 0 Å². The van der Waals surface area contributed by atoms with Gasteiger partial charge in [0.05, 0.1) is 18.8 Å². The molecule has 2 N–H and O–H groups in total. The smallest absolute Gasteiger partial charge is 0.388 e. The van der Waals surface area contributed by atoms with Crippen LogP contribution in [0.3, 0.4) is 0 Å². The van der Waals surface area contributed by atoms with Gasteiger partial charge in [0, 0.05) is 6.42 Å². The summed E-state index contributed by atoms with van der Waals surface area (Å²) in [7, 11) is 0. The van der Waals surface area contributed by atoms with Gasteiger partial charge in [-0.25, -0.2) is 0 Å². The van der Waals surface area contributed by atoms with Crippen molar-refractivity contribution in [2.45, 2.75) is 36.5 Å².